The zero-order chi connectivity index (χ0) is 12.7. The highest BCUT2D eigenvalue weighted by Gasteiger charge is 2.24. The van der Waals surface area contributed by atoms with Crippen LogP contribution in [0, 0.1) is 5.92 Å². The molecule has 2 unspecified atom stereocenters. The van der Waals surface area contributed by atoms with E-state index in [1.807, 2.05) is 11.6 Å². The Hall–Kier alpha value is -0.450. The van der Waals surface area contributed by atoms with E-state index in [1.54, 1.807) is 18.4 Å². The van der Waals surface area contributed by atoms with Crippen LogP contribution in [0.4, 0.5) is 0 Å². The third kappa shape index (κ3) is 4.74. The van der Waals surface area contributed by atoms with Crippen molar-refractivity contribution in [2.75, 3.05) is 13.7 Å². The monoisotopic (exact) mass is 256 g/mol. The summed E-state index contributed by atoms with van der Waals surface area (Å²) in [7, 11) is 1.80. The van der Waals surface area contributed by atoms with Gasteiger partial charge in [0.15, 0.2) is 0 Å². The number of methoxy groups -OCH3 is 1. The first-order valence-corrected chi connectivity index (χ1v) is 7.21. The molecule has 0 saturated carbocycles. The van der Waals surface area contributed by atoms with Crippen LogP contribution < -0.4 is 5.32 Å². The van der Waals surface area contributed by atoms with Gasteiger partial charge in [-0.3, -0.25) is 0 Å². The molecule has 98 valence electrons. The standard InChI is InChI=1S/C13H24N2OS/c1-5-6-14-11(13(16-4)10(2)3)9-12-15-7-8-17-12/h7-8,10-11,13-14H,5-6,9H2,1-4H3. The predicted molar refractivity (Wildman–Crippen MR) is 73.5 cm³/mol. The molecule has 1 aromatic heterocycles. The SMILES string of the molecule is CCCNC(Cc1nccs1)C(OC)C(C)C. The van der Waals surface area contributed by atoms with Crippen molar-refractivity contribution in [2.45, 2.75) is 45.8 Å². The normalized spacial score (nSPS) is 15.1. The topological polar surface area (TPSA) is 34.2 Å². The molecule has 1 heterocycles. The maximum Gasteiger partial charge on any atom is 0.0941 e. The molecule has 0 spiro atoms. The molecule has 0 saturated heterocycles. The van der Waals surface area contributed by atoms with Gasteiger partial charge in [-0.05, 0) is 18.9 Å². The Bertz CT molecular complexity index is 288. The largest absolute Gasteiger partial charge is 0.380 e. The third-order valence-corrected chi connectivity index (χ3v) is 3.66. The number of aromatic nitrogens is 1. The van der Waals surface area contributed by atoms with Gasteiger partial charge in [0.1, 0.15) is 0 Å². The van der Waals surface area contributed by atoms with Gasteiger partial charge in [0.05, 0.1) is 11.1 Å². The second-order valence-corrected chi connectivity index (χ2v) is 5.61. The average molecular weight is 256 g/mol. The molecule has 1 rings (SSSR count). The molecule has 0 amide bonds. The van der Waals surface area contributed by atoms with Gasteiger partial charge in [0, 0.05) is 31.1 Å². The van der Waals surface area contributed by atoms with Gasteiger partial charge >= 0.3 is 0 Å². The first kappa shape index (κ1) is 14.6. The summed E-state index contributed by atoms with van der Waals surface area (Å²) in [6.07, 6.45) is 4.20. The summed E-state index contributed by atoms with van der Waals surface area (Å²) in [5.74, 6) is 0.509. The maximum atomic E-state index is 5.63. The third-order valence-electron chi connectivity index (χ3n) is 2.86. The van der Waals surface area contributed by atoms with E-state index in [9.17, 15) is 0 Å². The van der Waals surface area contributed by atoms with Crippen molar-refractivity contribution < 1.29 is 4.74 Å². The minimum absolute atomic E-state index is 0.241. The second-order valence-electron chi connectivity index (χ2n) is 4.63. The lowest BCUT2D eigenvalue weighted by atomic mass is 9.97. The van der Waals surface area contributed by atoms with E-state index in [0.29, 0.717) is 12.0 Å². The molecule has 0 fully saturated rings. The molecule has 0 aromatic carbocycles. The minimum Gasteiger partial charge on any atom is -0.380 e. The van der Waals surface area contributed by atoms with Gasteiger partial charge < -0.3 is 10.1 Å². The number of hydrogen-bond acceptors (Lipinski definition) is 4. The van der Waals surface area contributed by atoms with E-state index in [-0.39, 0.29) is 6.10 Å². The van der Waals surface area contributed by atoms with Crippen LogP contribution in [0.5, 0.6) is 0 Å². The number of rotatable bonds is 8. The van der Waals surface area contributed by atoms with Crippen LogP contribution in [0.15, 0.2) is 11.6 Å². The van der Waals surface area contributed by atoms with E-state index in [4.69, 9.17) is 4.74 Å². The summed E-state index contributed by atoms with van der Waals surface area (Å²) in [6.45, 7) is 7.63. The van der Waals surface area contributed by atoms with Gasteiger partial charge in [-0.25, -0.2) is 4.98 Å². The fraction of sp³-hybridized carbons (Fsp3) is 0.769. The highest BCUT2D eigenvalue weighted by molar-refractivity contribution is 7.09. The molecule has 1 aromatic rings. The van der Waals surface area contributed by atoms with E-state index in [1.165, 1.54) is 5.01 Å². The van der Waals surface area contributed by atoms with Crippen LogP contribution in [0.1, 0.15) is 32.2 Å². The molecule has 0 aliphatic heterocycles. The molecular weight excluding hydrogens is 232 g/mol. The highest BCUT2D eigenvalue weighted by atomic mass is 32.1. The Labute approximate surface area is 109 Å². The first-order valence-electron chi connectivity index (χ1n) is 6.33. The average Bonchev–Trinajstić information content (AvgIpc) is 2.78. The zero-order valence-corrected chi connectivity index (χ0v) is 12.1. The van der Waals surface area contributed by atoms with Crippen molar-refractivity contribution in [3.63, 3.8) is 0 Å². The Morgan fingerprint density at radius 3 is 2.71 bits per heavy atom. The quantitative estimate of drug-likeness (QED) is 0.776. The second kappa shape index (κ2) is 7.80. The Balaban J connectivity index is 2.64. The lowest BCUT2D eigenvalue weighted by molar-refractivity contribution is 0.0332. The van der Waals surface area contributed by atoms with Crippen LogP contribution in [0.25, 0.3) is 0 Å². The first-order chi connectivity index (χ1) is 8.19. The molecule has 0 radical (unpaired) electrons. The Kier molecular flexibility index (Phi) is 6.70. The van der Waals surface area contributed by atoms with Crippen molar-refractivity contribution in [1.29, 1.82) is 0 Å². The number of ether oxygens (including phenoxy) is 1. The number of hydrogen-bond donors (Lipinski definition) is 1. The Morgan fingerprint density at radius 1 is 1.47 bits per heavy atom. The summed E-state index contributed by atoms with van der Waals surface area (Å²) < 4.78 is 5.63. The van der Waals surface area contributed by atoms with Gasteiger partial charge in [0.2, 0.25) is 0 Å². The van der Waals surface area contributed by atoms with E-state index in [0.717, 1.165) is 19.4 Å². The highest BCUT2D eigenvalue weighted by Crippen LogP contribution is 2.16. The molecule has 17 heavy (non-hydrogen) atoms. The number of nitrogens with zero attached hydrogens (tertiary/aromatic N) is 1. The van der Waals surface area contributed by atoms with Crippen molar-refractivity contribution >= 4 is 11.3 Å². The van der Waals surface area contributed by atoms with E-state index in [2.05, 4.69) is 31.1 Å². The van der Waals surface area contributed by atoms with Crippen LogP contribution in [-0.4, -0.2) is 30.8 Å². The number of thiazole rings is 1. The molecule has 0 aliphatic rings. The van der Waals surface area contributed by atoms with Gasteiger partial charge in [-0.1, -0.05) is 20.8 Å². The molecule has 1 N–H and O–H groups in total. The fourth-order valence-electron chi connectivity index (χ4n) is 2.08. The molecule has 3 nitrogen and oxygen atoms in total. The number of nitrogens with one attached hydrogen (secondary N) is 1. The molecule has 2 atom stereocenters. The van der Waals surface area contributed by atoms with Crippen molar-refractivity contribution in [1.82, 2.24) is 10.3 Å². The molecule has 0 aliphatic carbocycles. The summed E-state index contributed by atoms with van der Waals surface area (Å²) >= 11 is 1.72. The van der Waals surface area contributed by atoms with Crippen LogP contribution in [0.2, 0.25) is 0 Å². The minimum atomic E-state index is 0.241. The van der Waals surface area contributed by atoms with Crippen LogP contribution in [0.3, 0.4) is 0 Å². The summed E-state index contributed by atoms with van der Waals surface area (Å²) in [5, 5.41) is 6.79. The van der Waals surface area contributed by atoms with Gasteiger partial charge in [-0.15, -0.1) is 11.3 Å². The molecule has 0 bridgehead atoms. The van der Waals surface area contributed by atoms with E-state index >= 15 is 0 Å². The van der Waals surface area contributed by atoms with Crippen LogP contribution in [-0.2, 0) is 11.2 Å². The molecule has 4 heteroatoms. The maximum absolute atomic E-state index is 5.63. The summed E-state index contributed by atoms with van der Waals surface area (Å²) in [6, 6.07) is 0.353. The smallest absolute Gasteiger partial charge is 0.0941 e. The van der Waals surface area contributed by atoms with E-state index < -0.39 is 0 Å². The van der Waals surface area contributed by atoms with Crippen molar-refractivity contribution in [2.24, 2.45) is 5.92 Å². The van der Waals surface area contributed by atoms with Gasteiger partial charge in [-0.2, -0.15) is 0 Å². The van der Waals surface area contributed by atoms with Crippen molar-refractivity contribution in [3.8, 4) is 0 Å². The summed E-state index contributed by atoms with van der Waals surface area (Å²) in [5.41, 5.74) is 0. The van der Waals surface area contributed by atoms with Gasteiger partial charge in [0.25, 0.3) is 0 Å². The molecular formula is C13H24N2OS. The lowest BCUT2D eigenvalue weighted by Gasteiger charge is -2.29. The zero-order valence-electron chi connectivity index (χ0n) is 11.3. The predicted octanol–water partition coefficient (Wildman–Crippen LogP) is 2.72. The fourth-order valence-corrected chi connectivity index (χ4v) is 2.75. The van der Waals surface area contributed by atoms with Crippen molar-refractivity contribution in [3.05, 3.63) is 16.6 Å². The Morgan fingerprint density at radius 2 is 2.24 bits per heavy atom. The van der Waals surface area contributed by atoms with Crippen LogP contribution >= 0.6 is 11.3 Å². The lowest BCUT2D eigenvalue weighted by Crippen LogP contribution is -2.45. The summed E-state index contributed by atoms with van der Waals surface area (Å²) in [4.78, 5) is 4.36.